The van der Waals surface area contributed by atoms with Gasteiger partial charge in [-0.3, -0.25) is 0 Å². The van der Waals surface area contributed by atoms with E-state index in [2.05, 4.69) is 18.0 Å². The number of hydrogen-bond donors (Lipinski definition) is 1. The van der Waals surface area contributed by atoms with Gasteiger partial charge in [-0.25, -0.2) is 4.98 Å². The smallest absolute Gasteiger partial charge is 0.195 e. The highest BCUT2D eigenvalue weighted by Crippen LogP contribution is 2.25. The van der Waals surface area contributed by atoms with E-state index in [1.165, 1.54) is 18.4 Å². The number of fused-ring (bicyclic) bond motifs is 1. The number of anilines is 1. The van der Waals surface area contributed by atoms with Gasteiger partial charge in [0.15, 0.2) is 11.5 Å². The molecule has 3 heteroatoms. The Bertz CT molecular complexity index is 488. The highest BCUT2D eigenvalue weighted by Gasteiger charge is 2.08. The fraction of sp³-hybridized carbons (Fsp3) is 0.462. The molecule has 0 spiro atoms. The van der Waals surface area contributed by atoms with Crippen molar-refractivity contribution in [1.29, 1.82) is 0 Å². The number of unbranched alkanes of at least 4 members (excludes halogenated alkanes) is 1. The predicted octanol–water partition coefficient (Wildman–Crippen LogP) is 3.32. The number of hydrogen-bond acceptors (Lipinski definition) is 3. The fourth-order valence-corrected chi connectivity index (χ4v) is 1.84. The largest absolute Gasteiger partial charge is 0.439 e. The lowest BCUT2D eigenvalue weighted by Gasteiger charge is -2.01. The lowest BCUT2D eigenvalue weighted by atomic mass is 10.1. The fourth-order valence-electron chi connectivity index (χ4n) is 1.84. The predicted molar refractivity (Wildman–Crippen MR) is 66.4 cm³/mol. The van der Waals surface area contributed by atoms with E-state index in [0.29, 0.717) is 5.69 Å². The van der Waals surface area contributed by atoms with Crippen molar-refractivity contribution < 1.29 is 4.42 Å². The van der Waals surface area contributed by atoms with Crippen LogP contribution in [-0.4, -0.2) is 4.98 Å². The first-order valence-electron chi connectivity index (χ1n) is 5.92. The second-order valence-corrected chi connectivity index (χ2v) is 4.10. The zero-order valence-corrected chi connectivity index (χ0v) is 9.92. The van der Waals surface area contributed by atoms with Gasteiger partial charge in [-0.15, -0.1) is 0 Å². The topological polar surface area (TPSA) is 52.0 Å². The first-order valence-corrected chi connectivity index (χ1v) is 5.92. The molecule has 0 amide bonds. The Morgan fingerprint density at radius 3 is 2.81 bits per heavy atom. The van der Waals surface area contributed by atoms with Gasteiger partial charge in [0.1, 0.15) is 5.52 Å². The van der Waals surface area contributed by atoms with Crippen LogP contribution in [0.15, 0.2) is 16.5 Å². The van der Waals surface area contributed by atoms with E-state index >= 15 is 0 Å². The summed E-state index contributed by atoms with van der Waals surface area (Å²) in [6.45, 7) is 4.21. The molecule has 2 N–H and O–H groups in total. The molecule has 16 heavy (non-hydrogen) atoms. The van der Waals surface area contributed by atoms with Crippen LogP contribution in [0.25, 0.3) is 11.1 Å². The van der Waals surface area contributed by atoms with Gasteiger partial charge < -0.3 is 10.2 Å². The Hall–Kier alpha value is -1.51. The van der Waals surface area contributed by atoms with Gasteiger partial charge in [0, 0.05) is 6.42 Å². The molecule has 2 rings (SSSR count). The van der Waals surface area contributed by atoms with E-state index in [1.54, 1.807) is 0 Å². The lowest BCUT2D eigenvalue weighted by molar-refractivity contribution is 0.539. The number of nitrogens with zero attached hydrogens (tertiary/aromatic N) is 1. The molecule has 0 unspecified atom stereocenters. The third kappa shape index (κ3) is 2.03. The normalized spacial score (nSPS) is 11.1. The number of rotatable bonds is 4. The van der Waals surface area contributed by atoms with Gasteiger partial charge in [-0.2, -0.15) is 0 Å². The molecule has 0 atom stereocenters. The van der Waals surface area contributed by atoms with Crippen molar-refractivity contribution in [3.63, 3.8) is 0 Å². The average molecular weight is 218 g/mol. The van der Waals surface area contributed by atoms with Gasteiger partial charge in [0.2, 0.25) is 0 Å². The number of aryl methyl sites for hydroxylation is 2. The zero-order chi connectivity index (χ0) is 11.5. The summed E-state index contributed by atoms with van der Waals surface area (Å²) in [5.41, 5.74) is 9.55. The van der Waals surface area contributed by atoms with Crippen LogP contribution >= 0.6 is 0 Å². The molecule has 0 bridgehead atoms. The molecule has 3 nitrogen and oxygen atoms in total. The van der Waals surface area contributed by atoms with Crippen molar-refractivity contribution in [2.45, 2.75) is 39.5 Å². The first-order chi connectivity index (χ1) is 7.74. The van der Waals surface area contributed by atoms with E-state index in [1.807, 2.05) is 13.0 Å². The molecule has 2 aromatic rings. The van der Waals surface area contributed by atoms with Crippen molar-refractivity contribution in [3.8, 4) is 0 Å². The summed E-state index contributed by atoms with van der Waals surface area (Å²) in [5, 5.41) is 0. The molecule has 0 aliphatic carbocycles. The molecule has 0 fully saturated rings. The summed E-state index contributed by atoms with van der Waals surface area (Å²) < 4.78 is 5.57. The van der Waals surface area contributed by atoms with E-state index in [0.717, 1.165) is 29.8 Å². The summed E-state index contributed by atoms with van der Waals surface area (Å²) in [6.07, 6.45) is 4.24. The number of oxazole rings is 1. The number of nitrogen functional groups attached to an aromatic ring is 1. The Labute approximate surface area is 95.7 Å². The lowest BCUT2D eigenvalue weighted by Crippen LogP contribution is -1.90. The highest BCUT2D eigenvalue weighted by atomic mass is 16.3. The van der Waals surface area contributed by atoms with E-state index in [4.69, 9.17) is 10.2 Å². The Balaban J connectivity index is 2.40. The van der Waals surface area contributed by atoms with E-state index in [-0.39, 0.29) is 0 Å². The highest BCUT2D eigenvalue weighted by molar-refractivity contribution is 5.85. The number of aromatic nitrogens is 1. The third-order valence-electron chi connectivity index (χ3n) is 2.74. The molecular formula is C13H18N2O. The van der Waals surface area contributed by atoms with E-state index in [9.17, 15) is 0 Å². The second-order valence-electron chi connectivity index (χ2n) is 4.10. The van der Waals surface area contributed by atoms with Gasteiger partial charge >= 0.3 is 0 Å². The monoisotopic (exact) mass is 218 g/mol. The summed E-state index contributed by atoms with van der Waals surface area (Å²) in [7, 11) is 0. The van der Waals surface area contributed by atoms with Crippen molar-refractivity contribution >= 4 is 16.8 Å². The maximum atomic E-state index is 5.96. The molecule has 0 radical (unpaired) electrons. The Morgan fingerprint density at radius 1 is 1.31 bits per heavy atom. The first kappa shape index (κ1) is 11.0. The maximum Gasteiger partial charge on any atom is 0.195 e. The molecule has 1 heterocycles. The minimum Gasteiger partial charge on any atom is -0.439 e. The van der Waals surface area contributed by atoms with Gasteiger partial charge in [0.25, 0.3) is 0 Å². The third-order valence-corrected chi connectivity index (χ3v) is 2.74. The maximum absolute atomic E-state index is 5.96. The van der Waals surface area contributed by atoms with Gasteiger partial charge in [-0.05, 0) is 30.5 Å². The van der Waals surface area contributed by atoms with Crippen molar-refractivity contribution in [2.24, 2.45) is 0 Å². The molecule has 86 valence electrons. The van der Waals surface area contributed by atoms with Crippen LogP contribution in [0.3, 0.4) is 0 Å². The standard InChI is InChI=1S/C13H18N2O/c1-3-5-6-9-7-10(14)13-11(8-9)15-12(4-2)16-13/h7-8H,3-6,14H2,1-2H3. The summed E-state index contributed by atoms with van der Waals surface area (Å²) in [5.74, 6) is 0.759. The minimum absolute atomic E-state index is 0.704. The summed E-state index contributed by atoms with van der Waals surface area (Å²) in [6, 6.07) is 4.09. The molecule has 1 aromatic heterocycles. The second kappa shape index (κ2) is 4.56. The quantitative estimate of drug-likeness (QED) is 0.801. The van der Waals surface area contributed by atoms with E-state index < -0.39 is 0 Å². The Kier molecular flexibility index (Phi) is 3.13. The molecule has 0 aliphatic heterocycles. The number of benzene rings is 1. The summed E-state index contributed by atoms with van der Waals surface area (Å²) >= 11 is 0. The van der Waals surface area contributed by atoms with Crippen molar-refractivity contribution in [3.05, 3.63) is 23.6 Å². The Morgan fingerprint density at radius 2 is 2.12 bits per heavy atom. The van der Waals surface area contributed by atoms with Crippen molar-refractivity contribution in [2.75, 3.05) is 5.73 Å². The van der Waals surface area contributed by atoms with Crippen LogP contribution < -0.4 is 5.73 Å². The van der Waals surface area contributed by atoms with Crippen molar-refractivity contribution in [1.82, 2.24) is 4.98 Å². The SMILES string of the molecule is CCCCc1cc(N)c2oc(CC)nc2c1. The summed E-state index contributed by atoms with van der Waals surface area (Å²) in [4.78, 5) is 4.41. The molecule has 1 aromatic carbocycles. The van der Waals surface area contributed by atoms with Gasteiger partial charge in [0.05, 0.1) is 5.69 Å². The van der Waals surface area contributed by atoms with Crippen LogP contribution in [0, 0.1) is 0 Å². The molecule has 0 saturated carbocycles. The van der Waals surface area contributed by atoms with Crippen LogP contribution in [0.5, 0.6) is 0 Å². The average Bonchev–Trinajstić information content (AvgIpc) is 2.70. The van der Waals surface area contributed by atoms with Crippen LogP contribution in [0.1, 0.15) is 38.1 Å². The van der Waals surface area contributed by atoms with Crippen LogP contribution in [-0.2, 0) is 12.8 Å². The number of nitrogens with two attached hydrogens (primary N) is 1. The van der Waals surface area contributed by atoms with Crippen LogP contribution in [0.4, 0.5) is 5.69 Å². The van der Waals surface area contributed by atoms with Crippen LogP contribution in [0.2, 0.25) is 0 Å². The molecular weight excluding hydrogens is 200 g/mol. The molecule has 0 saturated heterocycles. The van der Waals surface area contributed by atoms with Gasteiger partial charge in [-0.1, -0.05) is 20.3 Å². The molecule has 0 aliphatic rings. The zero-order valence-electron chi connectivity index (χ0n) is 9.92. The minimum atomic E-state index is 0.704.